The van der Waals surface area contributed by atoms with Crippen molar-refractivity contribution in [1.82, 2.24) is 0 Å². The summed E-state index contributed by atoms with van der Waals surface area (Å²) in [7, 11) is 0. The van der Waals surface area contributed by atoms with Gasteiger partial charge in [0.25, 0.3) is 5.03 Å². The van der Waals surface area contributed by atoms with Crippen molar-refractivity contribution in [1.29, 1.82) is 0 Å². The third-order valence-corrected chi connectivity index (χ3v) is 4.40. The summed E-state index contributed by atoms with van der Waals surface area (Å²) < 4.78 is 0. The molecular formula is C10H15N3O4. The molecule has 0 aromatic rings. The zero-order valence-corrected chi connectivity index (χ0v) is 9.45. The SMILES string of the molecule is O=[N+]([O-])N=[N+]([O-])OC12CC3CC(CC(C3)C1)C2. The minimum atomic E-state index is -1.02. The lowest BCUT2D eigenvalue weighted by atomic mass is 9.54. The lowest BCUT2D eigenvalue weighted by Crippen LogP contribution is -2.52. The number of nitrogens with zero attached hydrogens (tertiary/aromatic N) is 3. The first-order valence-electron chi connectivity index (χ1n) is 6.07. The minimum absolute atomic E-state index is 0.201. The van der Waals surface area contributed by atoms with Gasteiger partial charge < -0.3 is 4.84 Å². The molecule has 4 saturated carbocycles. The Bertz CT molecular complexity index is 346. The van der Waals surface area contributed by atoms with E-state index < -0.39 is 10.6 Å². The second-order valence-corrected chi connectivity index (χ2v) is 5.76. The molecule has 17 heavy (non-hydrogen) atoms. The van der Waals surface area contributed by atoms with Crippen LogP contribution in [-0.4, -0.2) is 15.7 Å². The number of rotatable bonds is 3. The van der Waals surface area contributed by atoms with Crippen LogP contribution in [0.5, 0.6) is 0 Å². The van der Waals surface area contributed by atoms with Crippen LogP contribution in [0.3, 0.4) is 0 Å². The highest BCUT2D eigenvalue weighted by Crippen LogP contribution is 2.57. The van der Waals surface area contributed by atoms with Crippen molar-refractivity contribution in [3.8, 4) is 0 Å². The van der Waals surface area contributed by atoms with Gasteiger partial charge >= 0.3 is 5.22 Å². The van der Waals surface area contributed by atoms with Crippen molar-refractivity contribution in [3.63, 3.8) is 0 Å². The van der Waals surface area contributed by atoms with E-state index in [0.717, 1.165) is 19.3 Å². The van der Waals surface area contributed by atoms with Gasteiger partial charge in [0.2, 0.25) is 5.02 Å². The second-order valence-electron chi connectivity index (χ2n) is 5.76. The summed E-state index contributed by atoms with van der Waals surface area (Å²) in [5, 5.41) is 22.7. The molecule has 4 aliphatic rings. The van der Waals surface area contributed by atoms with Crippen LogP contribution in [0, 0.1) is 33.1 Å². The molecule has 4 aliphatic carbocycles. The van der Waals surface area contributed by atoms with E-state index in [2.05, 4.69) is 5.22 Å². The van der Waals surface area contributed by atoms with Gasteiger partial charge in [-0.1, -0.05) is 0 Å². The lowest BCUT2D eigenvalue weighted by molar-refractivity contribution is -0.866. The Labute approximate surface area is 98.1 Å². The molecule has 0 unspecified atom stereocenters. The van der Waals surface area contributed by atoms with Gasteiger partial charge in [0.05, 0.1) is 5.60 Å². The largest absolute Gasteiger partial charge is 0.399 e. The molecule has 7 heteroatoms. The maximum absolute atomic E-state index is 11.2. The molecular weight excluding hydrogens is 226 g/mol. The standard InChI is InChI=1S/C10H15N3O4/c14-12(15)11-13(16)17-10-4-7-1-8(5-10)3-9(2-7)6-10/h7-9H,1-6H2. The van der Waals surface area contributed by atoms with Crippen molar-refractivity contribution in [2.45, 2.75) is 44.1 Å². The molecule has 0 aromatic heterocycles. The summed E-state index contributed by atoms with van der Waals surface area (Å²) in [5.41, 5.74) is -0.476. The topological polar surface area (TPSA) is 90.8 Å². The molecule has 0 radical (unpaired) electrons. The van der Waals surface area contributed by atoms with Crippen molar-refractivity contribution in [2.75, 3.05) is 0 Å². The average Bonchev–Trinajstić information content (AvgIpc) is 2.11. The maximum atomic E-state index is 11.2. The van der Waals surface area contributed by atoms with Crippen LogP contribution in [0.1, 0.15) is 38.5 Å². The zero-order valence-electron chi connectivity index (χ0n) is 9.45. The van der Waals surface area contributed by atoms with Gasteiger partial charge in [-0.25, -0.2) is 15.3 Å². The van der Waals surface area contributed by atoms with Crippen molar-refractivity contribution >= 4 is 0 Å². The molecule has 0 saturated heterocycles. The molecule has 0 amide bonds. The van der Waals surface area contributed by atoms with Gasteiger partial charge in [-0.2, -0.15) is 0 Å². The van der Waals surface area contributed by atoms with Gasteiger partial charge in [-0.05, 0) is 56.3 Å². The second kappa shape index (κ2) is 3.54. The Balaban J connectivity index is 1.76. The molecule has 0 atom stereocenters. The predicted octanol–water partition coefficient (Wildman–Crippen LogP) is 2.04. The number of nitro groups is 1. The normalized spacial score (nSPS) is 43.8. The predicted molar refractivity (Wildman–Crippen MR) is 55.0 cm³/mol. The summed E-state index contributed by atoms with van der Waals surface area (Å²) >= 11 is 0. The fourth-order valence-electron chi connectivity index (χ4n) is 4.39. The molecule has 0 aromatic carbocycles. The summed E-state index contributed by atoms with van der Waals surface area (Å²) in [6.45, 7) is 0. The van der Waals surface area contributed by atoms with E-state index in [1.165, 1.54) is 19.3 Å². The highest BCUT2D eigenvalue weighted by Gasteiger charge is 2.52. The molecule has 4 rings (SSSR count). The molecule has 4 bridgehead atoms. The fraction of sp³-hybridized carbons (Fsp3) is 1.00. The van der Waals surface area contributed by atoms with Crippen LogP contribution < -0.4 is 0 Å². The summed E-state index contributed by atoms with van der Waals surface area (Å²) in [6, 6.07) is 0. The van der Waals surface area contributed by atoms with E-state index in [0.29, 0.717) is 17.8 Å². The van der Waals surface area contributed by atoms with E-state index in [4.69, 9.17) is 4.84 Å². The van der Waals surface area contributed by atoms with Gasteiger partial charge in [-0.3, -0.25) is 0 Å². The molecule has 0 N–H and O–H groups in total. The Morgan fingerprint density at radius 1 is 1.06 bits per heavy atom. The van der Waals surface area contributed by atoms with Crippen LogP contribution in [0.15, 0.2) is 5.22 Å². The van der Waals surface area contributed by atoms with Gasteiger partial charge in [0.15, 0.2) is 0 Å². The molecule has 0 spiro atoms. The summed E-state index contributed by atoms with van der Waals surface area (Å²) in [5.74, 6) is 1.89. The highest BCUT2D eigenvalue weighted by atomic mass is 16.9. The van der Waals surface area contributed by atoms with Crippen molar-refractivity contribution < 1.29 is 14.9 Å². The molecule has 4 fully saturated rings. The Morgan fingerprint density at radius 3 is 1.94 bits per heavy atom. The highest BCUT2D eigenvalue weighted by molar-refractivity contribution is 5.02. The quantitative estimate of drug-likeness (QED) is 0.429. The fourth-order valence-corrected chi connectivity index (χ4v) is 4.39. The van der Waals surface area contributed by atoms with Gasteiger partial charge in [0, 0.05) is 0 Å². The van der Waals surface area contributed by atoms with E-state index in [1.54, 1.807) is 0 Å². The Hall–Kier alpha value is -1.40. The van der Waals surface area contributed by atoms with Crippen LogP contribution in [0.4, 0.5) is 0 Å². The number of hydrogen-bond acceptors (Lipinski definition) is 4. The van der Waals surface area contributed by atoms with E-state index in [-0.39, 0.29) is 5.02 Å². The zero-order chi connectivity index (χ0) is 12.0. The minimum Gasteiger partial charge on any atom is -0.369 e. The van der Waals surface area contributed by atoms with Gasteiger partial charge in [0.1, 0.15) is 0 Å². The van der Waals surface area contributed by atoms with E-state index >= 15 is 0 Å². The van der Waals surface area contributed by atoms with Crippen LogP contribution in [-0.2, 0) is 4.84 Å². The Morgan fingerprint density at radius 2 is 1.53 bits per heavy atom. The first-order valence-corrected chi connectivity index (χ1v) is 6.07. The van der Waals surface area contributed by atoms with Crippen LogP contribution in [0.25, 0.3) is 0 Å². The smallest absolute Gasteiger partial charge is 0.369 e. The lowest BCUT2D eigenvalue weighted by Gasteiger charge is -2.56. The molecule has 94 valence electrons. The van der Waals surface area contributed by atoms with E-state index in [1.807, 2.05) is 0 Å². The third-order valence-electron chi connectivity index (χ3n) is 4.40. The van der Waals surface area contributed by atoms with Crippen LogP contribution >= 0.6 is 0 Å². The molecule has 7 nitrogen and oxygen atoms in total. The molecule has 0 aliphatic heterocycles. The maximum Gasteiger partial charge on any atom is 0.399 e. The Kier molecular flexibility index (Phi) is 2.24. The van der Waals surface area contributed by atoms with Gasteiger partial charge in [-0.15, -0.1) is 0 Å². The van der Waals surface area contributed by atoms with Crippen LogP contribution in [0.2, 0.25) is 0 Å². The number of hydrogen-bond donors (Lipinski definition) is 0. The third kappa shape index (κ3) is 1.94. The molecule has 0 heterocycles. The van der Waals surface area contributed by atoms with Crippen molar-refractivity contribution in [2.24, 2.45) is 23.0 Å². The first-order chi connectivity index (χ1) is 8.05. The monoisotopic (exact) mass is 241 g/mol. The van der Waals surface area contributed by atoms with E-state index in [9.17, 15) is 15.3 Å². The first kappa shape index (κ1) is 10.7. The average molecular weight is 241 g/mol. The summed E-state index contributed by atoms with van der Waals surface area (Å²) in [4.78, 5) is 15.3. The van der Waals surface area contributed by atoms with Crippen molar-refractivity contribution in [3.05, 3.63) is 15.3 Å². The summed E-state index contributed by atoms with van der Waals surface area (Å²) in [6.07, 6.45) is 6.25.